The van der Waals surface area contributed by atoms with Gasteiger partial charge in [0.1, 0.15) is 5.82 Å². The van der Waals surface area contributed by atoms with Gasteiger partial charge in [0, 0.05) is 18.6 Å². The Balaban J connectivity index is 2.77. The van der Waals surface area contributed by atoms with E-state index in [0.29, 0.717) is 0 Å². The first-order chi connectivity index (χ1) is 6.69. The van der Waals surface area contributed by atoms with Crippen LogP contribution >= 0.6 is 0 Å². The molecule has 0 heterocycles. The maximum absolute atomic E-state index is 12.6. The Morgan fingerprint density at radius 1 is 1.36 bits per heavy atom. The lowest BCUT2D eigenvalue weighted by molar-refractivity contribution is 0.200. The van der Waals surface area contributed by atoms with Gasteiger partial charge >= 0.3 is 0 Å². The van der Waals surface area contributed by atoms with Crippen LogP contribution in [0.1, 0.15) is 24.9 Å². The van der Waals surface area contributed by atoms with Crippen molar-refractivity contribution in [3.63, 3.8) is 0 Å². The molecule has 14 heavy (non-hydrogen) atoms. The van der Waals surface area contributed by atoms with Crippen molar-refractivity contribution in [3.8, 4) is 0 Å². The number of nitrogens with two attached hydrogens (primary N) is 1. The van der Waals surface area contributed by atoms with Crippen molar-refractivity contribution in [1.82, 2.24) is 0 Å². The van der Waals surface area contributed by atoms with Crippen LogP contribution in [0.3, 0.4) is 0 Å². The van der Waals surface area contributed by atoms with E-state index in [4.69, 9.17) is 10.8 Å². The van der Waals surface area contributed by atoms with Crippen LogP contribution in [-0.4, -0.2) is 11.7 Å². The fourth-order valence-electron chi connectivity index (χ4n) is 1.45. The predicted octanol–water partition coefficient (Wildman–Crippen LogP) is 1.84. The van der Waals surface area contributed by atoms with E-state index < -0.39 is 0 Å². The van der Waals surface area contributed by atoms with Crippen LogP contribution in [-0.2, 0) is 0 Å². The highest BCUT2D eigenvalue weighted by molar-refractivity contribution is 5.20. The molecular weight excluding hydrogens is 181 g/mol. The summed E-state index contributed by atoms with van der Waals surface area (Å²) in [4.78, 5) is 0. The zero-order valence-corrected chi connectivity index (χ0v) is 8.28. The van der Waals surface area contributed by atoms with Gasteiger partial charge in [-0.3, -0.25) is 0 Å². The molecule has 0 fully saturated rings. The minimum Gasteiger partial charge on any atom is -0.396 e. The lowest BCUT2D eigenvalue weighted by atomic mass is 9.92. The lowest BCUT2D eigenvalue weighted by Gasteiger charge is -2.20. The molecule has 2 nitrogen and oxygen atoms in total. The number of hydrogen-bond donors (Lipinski definition) is 2. The highest BCUT2D eigenvalue weighted by Gasteiger charge is 2.16. The van der Waals surface area contributed by atoms with E-state index >= 15 is 0 Å². The fourth-order valence-corrected chi connectivity index (χ4v) is 1.45. The summed E-state index contributed by atoms with van der Waals surface area (Å²) >= 11 is 0. The van der Waals surface area contributed by atoms with Crippen molar-refractivity contribution in [2.24, 2.45) is 11.7 Å². The van der Waals surface area contributed by atoms with Gasteiger partial charge in [-0.05, 0) is 24.1 Å². The molecule has 3 N–H and O–H groups in total. The molecule has 0 saturated carbocycles. The SMILES string of the molecule is CCC(CO)C(N)c1ccc(F)cc1. The summed E-state index contributed by atoms with van der Waals surface area (Å²) < 4.78 is 12.6. The second-order valence-electron chi connectivity index (χ2n) is 3.43. The van der Waals surface area contributed by atoms with E-state index in [9.17, 15) is 4.39 Å². The van der Waals surface area contributed by atoms with Gasteiger partial charge in [-0.2, -0.15) is 0 Å². The second kappa shape index (κ2) is 5.08. The number of hydrogen-bond acceptors (Lipinski definition) is 2. The second-order valence-corrected chi connectivity index (χ2v) is 3.43. The molecule has 0 amide bonds. The maximum atomic E-state index is 12.6. The van der Waals surface area contributed by atoms with E-state index in [-0.39, 0.29) is 24.4 Å². The number of aliphatic hydroxyl groups excluding tert-OH is 1. The van der Waals surface area contributed by atoms with Crippen LogP contribution in [0.15, 0.2) is 24.3 Å². The van der Waals surface area contributed by atoms with Crippen LogP contribution in [0, 0.1) is 11.7 Å². The van der Waals surface area contributed by atoms with Crippen LogP contribution in [0.5, 0.6) is 0 Å². The van der Waals surface area contributed by atoms with E-state index in [1.165, 1.54) is 12.1 Å². The van der Waals surface area contributed by atoms with Gasteiger partial charge in [-0.1, -0.05) is 19.1 Å². The monoisotopic (exact) mass is 197 g/mol. The van der Waals surface area contributed by atoms with Crippen molar-refractivity contribution in [2.75, 3.05) is 6.61 Å². The third-order valence-electron chi connectivity index (χ3n) is 2.52. The zero-order chi connectivity index (χ0) is 10.6. The Kier molecular flexibility index (Phi) is 4.04. The summed E-state index contributed by atoms with van der Waals surface area (Å²) in [5, 5.41) is 9.06. The van der Waals surface area contributed by atoms with E-state index in [0.717, 1.165) is 12.0 Å². The smallest absolute Gasteiger partial charge is 0.123 e. The molecule has 2 atom stereocenters. The van der Waals surface area contributed by atoms with Crippen LogP contribution in [0.25, 0.3) is 0 Å². The largest absolute Gasteiger partial charge is 0.396 e. The van der Waals surface area contributed by atoms with E-state index in [1.54, 1.807) is 12.1 Å². The number of benzene rings is 1. The molecule has 0 spiro atoms. The zero-order valence-electron chi connectivity index (χ0n) is 8.28. The third-order valence-corrected chi connectivity index (χ3v) is 2.52. The molecule has 3 heteroatoms. The lowest BCUT2D eigenvalue weighted by Crippen LogP contribution is -2.23. The van der Waals surface area contributed by atoms with Crippen LogP contribution < -0.4 is 5.73 Å². The molecule has 0 radical (unpaired) electrons. The first-order valence-corrected chi connectivity index (χ1v) is 4.81. The van der Waals surface area contributed by atoms with Crippen LogP contribution in [0.2, 0.25) is 0 Å². The quantitative estimate of drug-likeness (QED) is 0.773. The van der Waals surface area contributed by atoms with Gasteiger partial charge in [0.15, 0.2) is 0 Å². The van der Waals surface area contributed by atoms with Crippen molar-refractivity contribution >= 4 is 0 Å². The molecule has 1 aromatic rings. The fraction of sp³-hybridized carbons (Fsp3) is 0.455. The average molecular weight is 197 g/mol. The third kappa shape index (κ3) is 2.53. The van der Waals surface area contributed by atoms with Gasteiger partial charge in [-0.25, -0.2) is 4.39 Å². The summed E-state index contributed by atoms with van der Waals surface area (Å²) in [6, 6.07) is 5.89. The van der Waals surface area contributed by atoms with Crippen molar-refractivity contribution in [2.45, 2.75) is 19.4 Å². The van der Waals surface area contributed by atoms with E-state index in [1.807, 2.05) is 6.92 Å². The maximum Gasteiger partial charge on any atom is 0.123 e. The summed E-state index contributed by atoms with van der Waals surface area (Å²) in [6.07, 6.45) is 0.815. The highest BCUT2D eigenvalue weighted by Crippen LogP contribution is 2.21. The molecule has 78 valence electrons. The molecule has 0 bridgehead atoms. The molecule has 1 aromatic carbocycles. The standard InChI is InChI=1S/C11H16FNO/c1-2-8(7-14)11(13)9-3-5-10(12)6-4-9/h3-6,8,11,14H,2,7,13H2,1H3. The molecule has 0 aliphatic heterocycles. The van der Waals surface area contributed by atoms with E-state index in [2.05, 4.69) is 0 Å². The van der Waals surface area contributed by atoms with Gasteiger partial charge in [-0.15, -0.1) is 0 Å². The summed E-state index contributed by atoms with van der Waals surface area (Å²) in [6.45, 7) is 2.04. The number of rotatable bonds is 4. The first kappa shape index (κ1) is 11.1. The van der Waals surface area contributed by atoms with Crippen molar-refractivity contribution in [1.29, 1.82) is 0 Å². The Hall–Kier alpha value is -0.930. The van der Waals surface area contributed by atoms with Crippen LogP contribution in [0.4, 0.5) is 4.39 Å². The number of halogens is 1. The van der Waals surface area contributed by atoms with Crippen molar-refractivity contribution in [3.05, 3.63) is 35.6 Å². The Bertz CT molecular complexity index is 269. The Morgan fingerprint density at radius 2 is 1.93 bits per heavy atom. The van der Waals surface area contributed by atoms with Gasteiger partial charge in [0.05, 0.1) is 0 Å². The Labute approximate surface area is 83.6 Å². The first-order valence-electron chi connectivity index (χ1n) is 4.81. The Morgan fingerprint density at radius 3 is 2.36 bits per heavy atom. The molecule has 0 aliphatic carbocycles. The normalized spacial score (nSPS) is 15.1. The molecule has 2 unspecified atom stereocenters. The number of aliphatic hydroxyl groups is 1. The van der Waals surface area contributed by atoms with Gasteiger partial charge in [0.25, 0.3) is 0 Å². The predicted molar refractivity (Wildman–Crippen MR) is 54.2 cm³/mol. The van der Waals surface area contributed by atoms with Gasteiger partial charge < -0.3 is 10.8 Å². The molecule has 0 aromatic heterocycles. The van der Waals surface area contributed by atoms with Gasteiger partial charge in [0.2, 0.25) is 0 Å². The summed E-state index contributed by atoms with van der Waals surface area (Å²) in [5.74, 6) is -0.224. The molecule has 0 saturated heterocycles. The minimum absolute atomic E-state index is 0.0421. The average Bonchev–Trinajstić information content (AvgIpc) is 2.20. The van der Waals surface area contributed by atoms with Crippen molar-refractivity contribution < 1.29 is 9.50 Å². The molecular formula is C11H16FNO. The topological polar surface area (TPSA) is 46.2 Å². The molecule has 1 rings (SSSR count). The summed E-state index contributed by atoms with van der Waals surface area (Å²) in [7, 11) is 0. The summed E-state index contributed by atoms with van der Waals surface area (Å²) in [5.41, 5.74) is 6.80. The highest BCUT2D eigenvalue weighted by atomic mass is 19.1. The minimum atomic E-state index is -0.266. The molecule has 0 aliphatic rings.